The Morgan fingerprint density at radius 3 is 2.52 bits per heavy atom. The van der Waals surface area contributed by atoms with Crippen molar-refractivity contribution in [2.75, 3.05) is 7.11 Å². The molecule has 1 aliphatic rings. The molecule has 4 heteroatoms. The average Bonchev–Trinajstić information content (AvgIpc) is 3.33. The Kier molecular flexibility index (Phi) is 10.6. The fourth-order valence-corrected chi connectivity index (χ4v) is 2.67. The predicted octanol–water partition coefficient (Wildman–Crippen LogP) is 4.36. The van der Waals surface area contributed by atoms with Crippen molar-refractivity contribution in [1.29, 1.82) is 0 Å². The molecule has 2 atom stereocenters. The first-order valence-electron chi connectivity index (χ1n) is 9.11. The largest absolute Gasteiger partial charge is 0.469 e. The van der Waals surface area contributed by atoms with Crippen molar-refractivity contribution < 1.29 is 19.1 Å². The van der Waals surface area contributed by atoms with Crippen LogP contribution < -0.4 is 0 Å². The van der Waals surface area contributed by atoms with Crippen molar-refractivity contribution >= 4 is 11.8 Å². The number of epoxide rings is 1. The molecule has 0 bridgehead atoms. The van der Waals surface area contributed by atoms with E-state index in [1.807, 2.05) is 6.08 Å². The Morgan fingerprint density at radius 1 is 1.04 bits per heavy atom. The summed E-state index contributed by atoms with van der Waals surface area (Å²) in [5, 5.41) is 0. The summed E-state index contributed by atoms with van der Waals surface area (Å²) in [5.74, 6) is 0.00469. The summed E-state index contributed by atoms with van der Waals surface area (Å²) < 4.78 is 10.1. The molecular formula is C19H32O4. The molecule has 0 aliphatic carbocycles. The second-order valence-electron chi connectivity index (χ2n) is 6.28. The lowest BCUT2D eigenvalue weighted by molar-refractivity contribution is -0.140. The number of allylic oxidation sites excluding steroid dienone is 1. The van der Waals surface area contributed by atoms with Crippen LogP contribution in [0.25, 0.3) is 0 Å². The van der Waals surface area contributed by atoms with Gasteiger partial charge in [0.25, 0.3) is 0 Å². The van der Waals surface area contributed by atoms with E-state index < -0.39 is 0 Å². The van der Waals surface area contributed by atoms with Crippen molar-refractivity contribution in [2.24, 2.45) is 0 Å². The molecule has 1 saturated heterocycles. The summed E-state index contributed by atoms with van der Waals surface area (Å²) in [6.07, 6.45) is 15.0. The van der Waals surface area contributed by atoms with Crippen molar-refractivity contribution in [3.63, 3.8) is 0 Å². The molecular weight excluding hydrogens is 292 g/mol. The van der Waals surface area contributed by atoms with Gasteiger partial charge >= 0.3 is 5.97 Å². The van der Waals surface area contributed by atoms with E-state index in [-0.39, 0.29) is 24.0 Å². The maximum absolute atomic E-state index is 11.9. The lowest BCUT2D eigenvalue weighted by atomic mass is 10.1. The SMILES string of the molecule is CCCCC/C=C/C(=O)[C@@H]1O[C@H]1CCCCCCCC(=O)OC. The number of unbranched alkanes of at least 4 members (excludes halogenated alkanes) is 7. The Hall–Kier alpha value is -1.16. The first-order chi connectivity index (χ1) is 11.2. The van der Waals surface area contributed by atoms with E-state index in [9.17, 15) is 9.59 Å². The van der Waals surface area contributed by atoms with Gasteiger partial charge in [0.15, 0.2) is 5.78 Å². The number of carbonyl (C=O) groups excluding carboxylic acids is 2. The first-order valence-corrected chi connectivity index (χ1v) is 9.11. The van der Waals surface area contributed by atoms with E-state index in [0.29, 0.717) is 6.42 Å². The number of hydrogen-bond acceptors (Lipinski definition) is 4. The van der Waals surface area contributed by atoms with Crippen molar-refractivity contribution in [3.8, 4) is 0 Å². The van der Waals surface area contributed by atoms with E-state index >= 15 is 0 Å². The van der Waals surface area contributed by atoms with Gasteiger partial charge in [0.2, 0.25) is 0 Å². The molecule has 0 spiro atoms. The summed E-state index contributed by atoms with van der Waals surface area (Å²) in [7, 11) is 1.43. The Morgan fingerprint density at radius 2 is 1.78 bits per heavy atom. The van der Waals surface area contributed by atoms with Crippen LogP contribution in [0.5, 0.6) is 0 Å². The second kappa shape index (κ2) is 12.3. The van der Waals surface area contributed by atoms with Crippen LogP contribution in [0.1, 0.15) is 77.6 Å². The molecule has 1 heterocycles. The zero-order valence-electron chi connectivity index (χ0n) is 14.7. The van der Waals surface area contributed by atoms with Crippen LogP contribution in [0.2, 0.25) is 0 Å². The van der Waals surface area contributed by atoms with Crippen molar-refractivity contribution in [2.45, 2.75) is 89.8 Å². The van der Waals surface area contributed by atoms with Gasteiger partial charge in [0, 0.05) is 6.42 Å². The quantitative estimate of drug-likeness (QED) is 0.206. The van der Waals surface area contributed by atoms with E-state index in [1.54, 1.807) is 6.08 Å². The van der Waals surface area contributed by atoms with Gasteiger partial charge in [-0.05, 0) is 31.8 Å². The standard InChI is InChI=1S/C19H32O4/c1-3-4-5-7-10-13-16(20)19-17(23-19)14-11-8-6-9-12-15-18(21)22-2/h10,13,17,19H,3-9,11-12,14-15H2,1-2H3/b13-10+/t17-,19-/m0/s1. The van der Waals surface area contributed by atoms with Gasteiger partial charge in [0.1, 0.15) is 6.10 Å². The minimum absolute atomic E-state index is 0.125. The monoisotopic (exact) mass is 324 g/mol. The van der Waals surface area contributed by atoms with Crippen LogP contribution in [-0.2, 0) is 19.1 Å². The van der Waals surface area contributed by atoms with Crippen LogP contribution >= 0.6 is 0 Å². The minimum Gasteiger partial charge on any atom is -0.469 e. The Labute approximate surface area is 140 Å². The lowest BCUT2D eigenvalue weighted by Gasteiger charge is -2.00. The number of ether oxygens (including phenoxy) is 2. The molecule has 1 aliphatic heterocycles. The molecule has 0 saturated carbocycles. The summed E-state index contributed by atoms with van der Waals surface area (Å²) in [6, 6.07) is 0. The third kappa shape index (κ3) is 9.54. The van der Waals surface area contributed by atoms with Crippen LogP contribution in [0.3, 0.4) is 0 Å². The van der Waals surface area contributed by atoms with Crippen LogP contribution in [0.15, 0.2) is 12.2 Å². The Bertz CT molecular complexity index is 376. The maximum Gasteiger partial charge on any atom is 0.305 e. The van der Waals surface area contributed by atoms with Gasteiger partial charge in [-0.3, -0.25) is 9.59 Å². The fourth-order valence-electron chi connectivity index (χ4n) is 2.67. The highest BCUT2D eigenvalue weighted by Gasteiger charge is 2.42. The van der Waals surface area contributed by atoms with Crippen LogP contribution in [0, 0.1) is 0 Å². The normalized spacial score (nSPS) is 19.9. The van der Waals surface area contributed by atoms with Gasteiger partial charge in [-0.15, -0.1) is 0 Å². The van der Waals surface area contributed by atoms with Crippen molar-refractivity contribution in [3.05, 3.63) is 12.2 Å². The maximum atomic E-state index is 11.9. The Balaban J connectivity index is 1.94. The zero-order chi connectivity index (χ0) is 16.9. The number of methoxy groups -OCH3 is 1. The minimum atomic E-state index is -0.184. The number of hydrogen-bond donors (Lipinski definition) is 0. The molecule has 0 amide bonds. The molecule has 0 radical (unpaired) electrons. The molecule has 0 N–H and O–H groups in total. The van der Waals surface area contributed by atoms with E-state index in [0.717, 1.165) is 51.4 Å². The van der Waals surface area contributed by atoms with Gasteiger partial charge in [-0.25, -0.2) is 0 Å². The second-order valence-corrected chi connectivity index (χ2v) is 6.28. The topological polar surface area (TPSA) is 55.9 Å². The van der Waals surface area contributed by atoms with E-state index in [2.05, 4.69) is 11.7 Å². The predicted molar refractivity (Wildman–Crippen MR) is 91.3 cm³/mol. The molecule has 1 rings (SSSR count). The smallest absolute Gasteiger partial charge is 0.305 e. The molecule has 4 nitrogen and oxygen atoms in total. The molecule has 23 heavy (non-hydrogen) atoms. The molecule has 1 fully saturated rings. The van der Waals surface area contributed by atoms with Crippen LogP contribution in [-0.4, -0.2) is 31.1 Å². The van der Waals surface area contributed by atoms with Gasteiger partial charge in [-0.1, -0.05) is 51.5 Å². The molecule has 0 aromatic rings. The van der Waals surface area contributed by atoms with Crippen molar-refractivity contribution in [1.82, 2.24) is 0 Å². The highest BCUT2D eigenvalue weighted by molar-refractivity contribution is 5.95. The van der Waals surface area contributed by atoms with Crippen LogP contribution in [0.4, 0.5) is 0 Å². The first kappa shape index (κ1) is 19.9. The van der Waals surface area contributed by atoms with Gasteiger partial charge in [-0.2, -0.15) is 0 Å². The molecule has 132 valence electrons. The van der Waals surface area contributed by atoms with Gasteiger partial charge in [0.05, 0.1) is 13.2 Å². The number of rotatable bonds is 14. The number of ketones is 1. The highest BCUT2D eigenvalue weighted by atomic mass is 16.6. The summed E-state index contributed by atoms with van der Waals surface area (Å²) >= 11 is 0. The summed E-state index contributed by atoms with van der Waals surface area (Å²) in [6.45, 7) is 2.18. The lowest BCUT2D eigenvalue weighted by Crippen LogP contribution is -2.06. The average molecular weight is 324 g/mol. The summed E-state index contributed by atoms with van der Waals surface area (Å²) in [5.41, 5.74) is 0. The zero-order valence-corrected chi connectivity index (χ0v) is 14.7. The van der Waals surface area contributed by atoms with E-state index in [1.165, 1.54) is 20.0 Å². The third-order valence-corrected chi connectivity index (χ3v) is 4.22. The third-order valence-electron chi connectivity index (χ3n) is 4.22. The molecule has 0 aromatic carbocycles. The molecule has 0 aromatic heterocycles. The van der Waals surface area contributed by atoms with Gasteiger partial charge < -0.3 is 9.47 Å². The fraction of sp³-hybridized carbons (Fsp3) is 0.789. The number of esters is 1. The van der Waals surface area contributed by atoms with E-state index in [4.69, 9.17) is 4.74 Å². The summed E-state index contributed by atoms with van der Waals surface area (Å²) in [4.78, 5) is 22.8. The number of carbonyl (C=O) groups is 2. The molecule has 0 unspecified atom stereocenters. The highest BCUT2D eigenvalue weighted by Crippen LogP contribution is 2.28.